The maximum absolute atomic E-state index is 12.2. The molecular formula is C24H32N4O3. The van der Waals surface area contributed by atoms with E-state index < -0.39 is 6.03 Å². The van der Waals surface area contributed by atoms with Crippen LogP contribution in [0.25, 0.3) is 0 Å². The maximum atomic E-state index is 12.2. The van der Waals surface area contributed by atoms with Gasteiger partial charge in [0.1, 0.15) is 11.5 Å². The predicted octanol–water partition coefficient (Wildman–Crippen LogP) is 4.97. The number of amides is 2. The van der Waals surface area contributed by atoms with E-state index in [1.165, 1.54) is 11.3 Å². The molecule has 0 bridgehead atoms. The number of benzene rings is 2. The number of nitrogens with zero attached hydrogens (tertiary/aromatic N) is 2. The molecule has 2 aromatic rings. The Morgan fingerprint density at radius 2 is 1.94 bits per heavy atom. The minimum atomic E-state index is -0.454. The topological polar surface area (TPSA) is 75.2 Å². The van der Waals surface area contributed by atoms with E-state index in [0.717, 1.165) is 24.3 Å². The number of para-hydroxylation sites is 2. The standard InChI is InChI=1S/C24H32N4O3/c1-7-28-20-13-22(31-6)17(12-18(20)16(2)14-24(28,3)4)15-25-27-23(29)26-19-10-8-9-11-21(19)30-5/h8-13,15-16H,7,14H2,1-6H3,(H2,26,27,29)/b25-15+. The van der Waals surface area contributed by atoms with Crippen LogP contribution in [0.5, 0.6) is 11.5 Å². The summed E-state index contributed by atoms with van der Waals surface area (Å²) in [5.74, 6) is 1.71. The lowest BCUT2D eigenvalue weighted by atomic mass is 9.79. The third-order valence-corrected chi connectivity index (χ3v) is 5.78. The van der Waals surface area contributed by atoms with Crippen LogP contribution in [0.2, 0.25) is 0 Å². The van der Waals surface area contributed by atoms with E-state index in [1.54, 1.807) is 32.6 Å². The highest BCUT2D eigenvalue weighted by Gasteiger charge is 2.36. The Bertz CT molecular complexity index is 971. The molecule has 7 heteroatoms. The first kappa shape index (κ1) is 22.5. The zero-order valence-corrected chi connectivity index (χ0v) is 19.2. The molecule has 31 heavy (non-hydrogen) atoms. The second-order valence-electron chi connectivity index (χ2n) is 8.34. The highest BCUT2D eigenvalue weighted by molar-refractivity contribution is 5.92. The van der Waals surface area contributed by atoms with E-state index in [0.29, 0.717) is 17.4 Å². The Labute approximate surface area is 184 Å². The van der Waals surface area contributed by atoms with Crippen molar-refractivity contribution in [2.24, 2.45) is 5.10 Å². The normalized spacial score (nSPS) is 17.2. The van der Waals surface area contributed by atoms with Gasteiger partial charge in [-0.2, -0.15) is 5.10 Å². The molecule has 0 saturated carbocycles. The number of ether oxygens (including phenoxy) is 2. The third-order valence-electron chi connectivity index (χ3n) is 5.78. The lowest BCUT2D eigenvalue weighted by molar-refractivity contribution is 0.252. The molecule has 7 nitrogen and oxygen atoms in total. The Morgan fingerprint density at radius 3 is 2.61 bits per heavy atom. The van der Waals surface area contributed by atoms with Gasteiger partial charge in [-0.3, -0.25) is 0 Å². The Hall–Kier alpha value is -3.22. The lowest BCUT2D eigenvalue weighted by Gasteiger charge is -2.47. The molecule has 0 aromatic heterocycles. The Kier molecular flexibility index (Phi) is 6.73. The first-order chi connectivity index (χ1) is 14.8. The molecule has 0 aliphatic carbocycles. The smallest absolute Gasteiger partial charge is 0.339 e. The van der Waals surface area contributed by atoms with Crippen LogP contribution < -0.4 is 25.1 Å². The lowest BCUT2D eigenvalue weighted by Crippen LogP contribution is -2.48. The third kappa shape index (κ3) is 4.76. The van der Waals surface area contributed by atoms with Gasteiger partial charge < -0.3 is 19.7 Å². The van der Waals surface area contributed by atoms with Gasteiger partial charge in [0.05, 0.1) is 26.1 Å². The zero-order valence-electron chi connectivity index (χ0n) is 19.2. The van der Waals surface area contributed by atoms with Crippen LogP contribution in [0, 0.1) is 0 Å². The molecule has 0 spiro atoms. The second-order valence-corrected chi connectivity index (χ2v) is 8.34. The highest BCUT2D eigenvalue weighted by Crippen LogP contribution is 2.45. The number of hydrogen-bond donors (Lipinski definition) is 2. The van der Waals surface area contributed by atoms with Crippen molar-refractivity contribution in [3.63, 3.8) is 0 Å². The van der Waals surface area contributed by atoms with Crippen molar-refractivity contribution in [3.8, 4) is 11.5 Å². The van der Waals surface area contributed by atoms with Crippen LogP contribution in [0.15, 0.2) is 41.5 Å². The number of anilines is 2. The molecule has 2 N–H and O–H groups in total. The van der Waals surface area contributed by atoms with Crippen molar-refractivity contribution in [1.29, 1.82) is 0 Å². The maximum Gasteiger partial charge on any atom is 0.339 e. The zero-order chi connectivity index (χ0) is 22.6. The van der Waals surface area contributed by atoms with E-state index in [9.17, 15) is 4.79 Å². The summed E-state index contributed by atoms with van der Waals surface area (Å²) < 4.78 is 10.9. The van der Waals surface area contributed by atoms with Crippen molar-refractivity contribution in [1.82, 2.24) is 5.43 Å². The van der Waals surface area contributed by atoms with Gasteiger partial charge in [0, 0.05) is 29.4 Å². The summed E-state index contributed by atoms with van der Waals surface area (Å²) in [6.07, 6.45) is 2.68. The molecule has 1 aliphatic heterocycles. The summed E-state index contributed by atoms with van der Waals surface area (Å²) in [6.45, 7) is 9.91. The van der Waals surface area contributed by atoms with Crippen molar-refractivity contribution in [2.45, 2.75) is 45.6 Å². The number of carbonyl (C=O) groups excluding carboxylic acids is 1. The summed E-state index contributed by atoms with van der Waals surface area (Å²) in [5, 5.41) is 6.85. The van der Waals surface area contributed by atoms with Crippen LogP contribution in [0.3, 0.4) is 0 Å². The predicted molar refractivity (Wildman–Crippen MR) is 126 cm³/mol. The molecule has 0 fully saturated rings. The second kappa shape index (κ2) is 9.29. The molecule has 1 heterocycles. The average molecular weight is 425 g/mol. The van der Waals surface area contributed by atoms with Gasteiger partial charge in [-0.05, 0) is 56.9 Å². The molecule has 2 aromatic carbocycles. The van der Waals surface area contributed by atoms with Gasteiger partial charge >= 0.3 is 6.03 Å². The Balaban J connectivity index is 1.79. The fourth-order valence-corrected chi connectivity index (χ4v) is 4.46. The van der Waals surface area contributed by atoms with E-state index in [1.807, 2.05) is 12.1 Å². The fraction of sp³-hybridized carbons (Fsp3) is 0.417. The van der Waals surface area contributed by atoms with Gasteiger partial charge in [-0.1, -0.05) is 19.1 Å². The number of hydrogen-bond acceptors (Lipinski definition) is 5. The quantitative estimate of drug-likeness (QED) is 0.507. The van der Waals surface area contributed by atoms with E-state index >= 15 is 0 Å². The summed E-state index contributed by atoms with van der Waals surface area (Å²) in [7, 11) is 3.20. The van der Waals surface area contributed by atoms with Gasteiger partial charge in [0.15, 0.2) is 0 Å². The van der Waals surface area contributed by atoms with Crippen molar-refractivity contribution >= 4 is 23.6 Å². The number of nitrogens with one attached hydrogen (secondary N) is 2. The molecule has 1 atom stereocenters. The molecule has 3 rings (SSSR count). The number of methoxy groups -OCH3 is 2. The number of rotatable bonds is 6. The average Bonchev–Trinajstić information content (AvgIpc) is 2.73. The van der Waals surface area contributed by atoms with Crippen molar-refractivity contribution in [2.75, 3.05) is 31.0 Å². The number of carbonyl (C=O) groups is 1. The van der Waals surface area contributed by atoms with Gasteiger partial charge in [0.2, 0.25) is 0 Å². The van der Waals surface area contributed by atoms with Crippen LogP contribution in [-0.4, -0.2) is 38.5 Å². The van der Waals surface area contributed by atoms with Gasteiger partial charge in [-0.15, -0.1) is 0 Å². The fourth-order valence-electron chi connectivity index (χ4n) is 4.46. The minimum absolute atomic E-state index is 0.0833. The van der Waals surface area contributed by atoms with Crippen LogP contribution in [0.4, 0.5) is 16.2 Å². The van der Waals surface area contributed by atoms with E-state index in [4.69, 9.17) is 9.47 Å². The molecule has 0 saturated heterocycles. The van der Waals surface area contributed by atoms with Gasteiger partial charge in [-0.25, -0.2) is 10.2 Å². The summed E-state index contributed by atoms with van der Waals surface area (Å²) in [6, 6.07) is 10.9. The first-order valence-corrected chi connectivity index (χ1v) is 10.5. The molecule has 166 valence electrons. The summed E-state index contributed by atoms with van der Waals surface area (Å²) in [5.41, 5.74) is 6.44. The van der Waals surface area contributed by atoms with Crippen LogP contribution >= 0.6 is 0 Å². The van der Waals surface area contributed by atoms with Crippen molar-refractivity contribution < 1.29 is 14.3 Å². The van der Waals surface area contributed by atoms with Crippen LogP contribution in [0.1, 0.15) is 51.2 Å². The monoisotopic (exact) mass is 424 g/mol. The minimum Gasteiger partial charge on any atom is -0.496 e. The Morgan fingerprint density at radius 1 is 1.23 bits per heavy atom. The molecular weight excluding hydrogens is 392 g/mol. The van der Waals surface area contributed by atoms with E-state index in [2.05, 4.69) is 60.6 Å². The molecule has 2 amide bonds. The number of urea groups is 1. The van der Waals surface area contributed by atoms with Crippen LogP contribution in [-0.2, 0) is 0 Å². The largest absolute Gasteiger partial charge is 0.496 e. The molecule has 1 unspecified atom stereocenters. The summed E-state index contributed by atoms with van der Waals surface area (Å²) in [4.78, 5) is 14.7. The van der Waals surface area contributed by atoms with Crippen molar-refractivity contribution in [3.05, 3.63) is 47.5 Å². The SMILES string of the molecule is CCN1c2cc(OC)c(/C=N/NC(=O)Nc3ccccc3OC)cc2C(C)CC1(C)C. The highest BCUT2D eigenvalue weighted by atomic mass is 16.5. The number of fused-ring (bicyclic) bond motifs is 1. The number of hydrazone groups is 1. The van der Waals surface area contributed by atoms with Gasteiger partial charge in [0.25, 0.3) is 0 Å². The molecule has 0 radical (unpaired) electrons. The first-order valence-electron chi connectivity index (χ1n) is 10.5. The van der Waals surface area contributed by atoms with E-state index in [-0.39, 0.29) is 5.54 Å². The summed E-state index contributed by atoms with van der Waals surface area (Å²) >= 11 is 0. The molecule has 1 aliphatic rings.